The van der Waals surface area contributed by atoms with E-state index in [0.717, 1.165) is 36.5 Å². The van der Waals surface area contributed by atoms with Gasteiger partial charge in [0, 0.05) is 50.8 Å². The molecule has 3 heterocycles. The van der Waals surface area contributed by atoms with Crippen LogP contribution in [0.15, 0.2) is 66.7 Å². The molecule has 8 nitrogen and oxygen atoms in total. The number of carbonyl (C=O) groups excluding carboxylic acids is 2. The highest BCUT2D eigenvalue weighted by Gasteiger charge is 2.29. The van der Waals surface area contributed by atoms with Gasteiger partial charge in [-0.15, -0.1) is 10.2 Å². The maximum absolute atomic E-state index is 13.1. The summed E-state index contributed by atoms with van der Waals surface area (Å²) in [5.41, 5.74) is 4.20. The van der Waals surface area contributed by atoms with E-state index in [1.54, 1.807) is 4.90 Å². The van der Waals surface area contributed by atoms with Crippen LogP contribution >= 0.6 is 0 Å². The van der Waals surface area contributed by atoms with Gasteiger partial charge in [0.2, 0.25) is 11.8 Å². The van der Waals surface area contributed by atoms with E-state index in [9.17, 15) is 9.59 Å². The topological polar surface area (TPSA) is 78.9 Å². The number of carbonyl (C=O) groups is 2. The quantitative estimate of drug-likeness (QED) is 0.439. The Kier molecular flexibility index (Phi) is 8.51. The number of hydrogen-bond acceptors (Lipinski definition) is 6. The van der Waals surface area contributed by atoms with Crippen molar-refractivity contribution >= 4 is 17.6 Å². The van der Waals surface area contributed by atoms with E-state index >= 15 is 0 Å². The second-order valence-corrected chi connectivity index (χ2v) is 10.6. The van der Waals surface area contributed by atoms with Crippen molar-refractivity contribution in [2.45, 2.75) is 32.8 Å². The smallest absolute Gasteiger partial charge is 0.242 e. The maximum atomic E-state index is 13.1. The minimum Gasteiger partial charge on any atom is -0.376 e. The predicted molar refractivity (Wildman–Crippen MR) is 152 cm³/mol. The SMILES string of the molecule is CC(C)C(=O)N(CC(=O)N1CCN(c2ccc(-c3ccc(-c4ccccc4)cc3)nn2)CC1)C[C@@H]1CCCO1. The first kappa shape index (κ1) is 26.8. The van der Waals surface area contributed by atoms with Crippen LogP contribution in [-0.2, 0) is 14.3 Å². The molecule has 0 spiro atoms. The molecule has 204 valence electrons. The van der Waals surface area contributed by atoms with Gasteiger partial charge in [0.15, 0.2) is 5.82 Å². The second kappa shape index (κ2) is 12.4. The molecule has 0 unspecified atom stereocenters. The van der Waals surface area contributed by atoms with Gasteiger partial charge in [-0.25, -0.2) is 0 Å². The van der Waals surface area contributed by atoms with Crippen LogP contribution < -0.4 is 4.90 Å². The molecule has 8 heteroatoms. The fourth-order valence-corrected chi connectivity index (χ4v) is 5.19. The lowest BCUT2D eigenvalue weighted by molar-refractivity contribution is -0.143. The van der Waals surface area contributed by atoms with Gasteiger partial charge in [-0.05, 0) is 36.1 Å². The molecule has 3 aromatic rings. The molecule has 2 fully saturated rings. The first-order valence-electron chi connectivity index (χ1n) is 13.9. The molecule has 2 amide bonds. The molecule has 0 aliphatic carbocycles. The summed E-state index contributed by atoms with van der Waals surface area (Å²) in [7, 11) is 0. The molecule has 1 atom stereocenters. The van der Waals surface area contributed by atoms with E-state index in [1.165, 1.54) is 11.1 Å². The van der Waals surface area contributed by atoms with Gasteiger partial charge in [0.1, 0.15) is 0 Å². The zero-order valence-electron chi connectivity index (χ0n) is 22.8. The average Bonchev–Trinajstić information content (AvgIpc) is 3.50. The lowest BCUT2D eigenvalue weighted by atomic mass is 10.0. The molecule has 0 bridgehead atoms. The van der Waals surface area contributed by atoms with Crippen molar-refractivity contribution in [1.82, 2.24) is 20.0 Å². The molecule has 39 heavy (non-hydrogen) atoms. The summed E-state index contributed by atoms with van der Waals surface area (Å²) in [6, 6.07) is 22.6. The average molecular weight is 528 g/mol. The monoisotopic (exact) mass is 527 g/mol. The zero-order chi connectivity index (χ0) is 27.2. The number of nitrogens with zero attached hydrogens (tertiary/aromatic N) is 5. The summed E-state index contributed by atoms with van der Waals surface area (Å²) >= 11 is 0. The number of aromatic nitrogens is 2. The maximum Gasteiger partial charge on any atom is 0.242 e. The Bertz CT molecular complexity index is 1230. The number of amides is 2. The van der Waals surface area contributed by atoms with E-state index in [1.807, 2.05) is 49.1 Å². The van der Waals surface area contributed by atoms with Crippen molar-refractivity contribution in [2.75, 3.05) is 50.8 Å². The highest BCUT2D eigenvalue weighted by Crippen LogP contribution is 2.24. The Morgan fingerprint density at radius 1 is 0.897 bits per heavy atom. The summed E-state index contributed by atoms with van der Waals surface area (Å²) in [5, 5.41) is 8.96. The van der Waals surface area contributed by atoms with Crippen LogP contribution in [0.3, 0.4) is 0 Å². The number of ether oxygens (including phenoxy) is 1. The minimum atomic E-state index is -0.153. The summed E-state index contributed by atoms with van der Waals surface area (Å²) in [6.45, 7) is 7.60. The molecule has 0 saturated carbocycles. The number of piperazine rings is 1. The standard InChI is InChI=1S/C31H37N5O3/c1-23(2)31(38)36(21-27-9-6-20-39-27)22-30(37)35-18-16-34(17-19-35)29-15-14-28(32-33-29)26-12-10-25(11-13-26)24-7-4-3-5-8-24/h3-5,7-8,10-15,23,27H,6,9,16-22H2,1-2H3/t27-/m0/s1. The van der Waals surface area contributed by atoms with Gasteiger partial charge in [-0.2, -0.15) is 0 Å². The lowest BCUT2D eigenvalue weighted by Crippen LogP contribution is -2.53. The van der Waals surface area contributed by atoms with Crippen LogP contribution in [0.25, 0.3) is 22.4 Å². The summed E-state index contributed by atoms with van der Waals surface area (Å²) < 4.78 is 5.73. The third-order valence-corrected chi connectivity index (χ3v) is 7.47. The molecular formula is C31H37N5O3. The van der Waals surface area contributed by atoms with Crippen molar-refractivity contribution < 1.29 is 14.3 Å². The van der Waals surface area contributed by atoms with E-state index in [2.05, 4.69) is 51.5 Å². The van der Waals surface area contributed by atoms with Crippen LogP contribution in [0.4, 0.5) is 5.82 Å². The third-order valence-electron chi connectivity index (χ3n) is 7.47. The molecule has 0 radical (unpaired) electrons. The summed E-state index contributed by atoms with van der Waals surface area (Å²) in [6.07, 6.45) is 1.98. The third kappa shape index (κ3) is 6.63. The number of anilines is 1. The molecule has 5 rings (SSSR count). The molecule has 1 aromatic heterocycles. The van der Waals surface area contributed by atoms with E-state index in [4.69, 9.17) is 4.74 Å². The number of rotatable bonds is 8. The van der Waals surface area contributed by atoms with Crippen LogP contribution in [0.2, 0.25) is 0 Å². The Labute approximate surface area is 230 Å². The number of hydrogen-bond donors (Lipinski definition) is 0. The normalized spacial score (nSPS) is 17.5. The van der Waals surface area contributed by atoms with E-state index < -0.39 is 0 Å². The molecule has 2 aromatic carbocycles. The Morgan fingerprint density at radius 2 is 1.59 bits per heavy atom. The van der Waals surface area contributed by atoms with Gasteiger partial charge in [0.05, 0.1) is 18.3 Å². The van der Waals surface area contributed by atoms with Gasteiger partial charge < -0.3 is 19.4 Å². The summed E-state index contributed by atoms with van der Waals surface area (Å²) in [5.74, 6) is 0.644. The Balaban J connectivity index is 1.15. The van der Waals surface area contributed by atoms with E-state index in [0.29, 0.717) is 32.7 Å². The van der Waals surface area contributed by atoms with Gasteiger partial charge in [-0.3, -0.25) is 9.59 Å². The van der Waals surface area contributed by atoms with Gasteiger partial charge in [-0.1, -0.05) is 68.4 Å². The molecule has 0 N–H and O–H groups in total. The minimum absolute atomic E-state index is 0.00237. The molecule has 2 aliphatic heterocycles. The van der Waals surface area contributed by atoms with Crippen LogP contribution in [0.5, 0.6) is 0 Å². The van der Waals surface area contributed by atoms with Crippen molar-refractivity contribution in [1.29, 1.82) is 0 Å². The van der Waals surface area contributed by atoms with Gasteiger partial charge >= 0.3 is 0 Å². The molecule has 2 aliphatic rings. The number of benzene rings is 2. The first-order valence-corrected chi connectivity index (χ1v) is 13.9. The van der Waals surface area contributed by atoms with Crippen molar-refractivity contribution in [3.05, 3.63) is 66.7 Å². The van der Waals surface area contributed by atoms with Crippen molar-refractivity contribution in [3.63, 3.8) is 0 Å². The van der Waals surface area contributed by atoms with Crippen LogP contribution in [-0.4, -0.2) is 83.8 Å². The van der Waals surface area contributed by atoms with Crippen LogP contribution in [0, 0.1) is 5.92 Å². The highest BCUT2D eigenvalue weighted by molar-refractivity contribution is 5.86. The van der Waals surface area contributed by atoms with Gasteiger partial charge in [0.25, 0.3) is 0 Å². The van der Waals surface area contributed by atoms with Crippen LogP contribution in [0.1, 0.15) is 26.7 Å². The largest absolute Gasteiger partial charge is 0.376 e. The Morgan fingerprint density at radius 3 is 2.21 bits per heavy atom. The fraction of sp³-hybridized carbons (Fsp3) is 0.419. The van der Waals surface area contributed by atoms with Crippen molar-refractivity contribution in [2.24, 2.45) is 5.92 Å². The fourth-order valence-electron chi connectivity index (χ4n) is 5.19. The predicted octanol–water partition coefficient (Wildman–Crippen LogP) is 4.12. The summed E-state index contributed by atoms with van der Waals surface area (Å²) in [4.78, 5) is 31.6. The Hall–Kier alpha value is -3.78. The molecule has 2 saturated heterocycles. The van der Waals surface area contributed by atoms with E-state index in [-0.39, 0.29) is 30.4 Å². The van der Waals surface area contributed by atoms with Crippen molar-refractivity contribution in [3.8, 4) is 22.4 Å². The lowest BCUT2D eigenvalue weighted by Gasteiger charge is -2.36. The molecular weight excluding hydrogens is 490 g/mol. The highest BCUT2D eigenvalue weighted by atomic mass is 16.5. The second-order valence-electron chi connectivity index (χ2n) is 10.6. The zero-order valence-corrected chi connectivity index (χ0v) is 22.8. The first-order chi connectivity index (χ1) is 19.0.